The molecule has 0 spiro atoms. The monoisotopic (exact) mass is 704 g/mol. The van der Waals surface area contributed by atoms with Gasteiger partial charge in [-0.05, 0) is 92.3 Å². The fourth-order valence-electron chi connectivity index (χ4n) is 5.41. The van der Waals surface area contributed by atoms with E-state index in [1.165, 1.54) is 112 Å². The van der Waals surface area contributed by atoms with Gasteiger partial charge in [0.15, 0.2) is 0 Å². The van der Waals surface area contributed by atoms with Crippen LogP contribution in [0.5, 0.6) is 0 Å². The van der Waals surface area contributed by atoms with Crippen molar-refractivity contribution in [3.8, 4) is 39.0 Å². The van der Waals surface area contributed by atoms with Gasteiger partial charge in [0.2, 0.25) is 0 Å². The molecule has 0 aliphatic rings. The molecule has 0 unspecified atom stereocenters. The Morgan fingerprint density at radius 2 is 1.17 bits per heavy atom. The highest BCUT2D eigenvalue weighted by molar-refractivity contribution is 7.29. The first-order valence-electron chi connectivity index (χ1n) is 16.6. The van der Waals surface area contributed by atoms with Crippen LogP contribution in [-0.4, -0.2) is 18.5 Å². The van der Waals surface area contributed by atoms with Gasteiger partial charge < -0.3 is 10.2 Å². The summed E-state index contributed by atoms with van der Waals surface area (Å²) in [5, 5.41) is 2.87. The van der Waals surface area contributed by atoms with Crippen LogP contribution in [-0.2, 0) is 24.1 Å². The number of nitrogens with zero attached hydrogens (tertiary/aromatic N) is 1. The van der Waals surface area contributed by atoms with Gasteiger partial charge in [0.1, 0.15) is 0 Å². The summed E-state index contributed by atoms with van der Waals surface area (Å²) in [6.07, 6.45) is 13.6. The molecule has 5 heterocycles. The lowest BCUT2D eigenvalue weighted by molar-refractivity contribution is -0.121. The predicted molar refractivity (Wildman–Crippen MR) is 206 cm³/mol. The van der Waals surface area contributed by atoms with Crippen molar-refractivity contribution in [3.05, 3.63) is 81.3 Å². The van der Waals surface area contributed by atoms with Crippen LogP contribution < -0.4 is 5.32 Å². The van der Waals surface area contributed by atoms with Crippen LogP contribution in [0.2, 0.25) is 0 Å². The molecule has 0 aromatic carbocycles. The summed E-state index contributed by atoms with van der Waals surface area (Å²) in [7, 11) is 0. The van der Waals surface area contributed by atoms with Crippen LogP contribution in [0.1, 0.15) is 87.5 Å². The lowest BCUT2D eigenvalue weighted by atomic mass is 10.1. The van der Waals surface area contributed by atoms with Crippen molar-refractivity contribution < 1.29 is 4.79 Å². The van der Waals surface area contributed by atoms with E-state index in [9.17, 15) is 4.79 Å². The molecule has 1 atom stereocenters. The smallest absolute Gasteiger partial charge is 0.302 e. The Balaban J connectivity index is 1.27. The molecule has 0 radical (unpaired) electrons. The van der Waals surface area contributed by atoms with Crippen molar-refractivity contribution in [2.24, 2.45) is 0 Å². The van der Waals surface area contributed by atoms with Crippen molar-refractivity contribution in [2.45, 2.75) is 97.4 Å². The third-order valence-electron chi connectivity index (χ3n) is 8.12. The summed E-state index contributed by atoms with van der Waals surface area (Å²) in [6.45, 7) is 13.8. The Kier molecular flexibility index (Phi) is 13.3. The van der Waals surface area contributed by atoms with E-state index in [-0.39, 0.29) is 5.91 Å². The molecule has 46 heavy (non-hydrogen) atoms. The number of unbranched alkanes of at least 4 members (excludes halogenated alkanes) is 6. The molecule has 5 rings (SSSR count). The van der Waals surface area contributed by atoms with E-state index in [0.29, 0.717) is 6.54 Å². The molecule has 242 valence electrons. The second-order valence-electron chi connectivity index (χ2n) is 11.8. The molecule has 5 aromatic rings. The second-order valence-corrected chi connectivity index (χ2v) is 17.3. The molecule has 0 aliphatic carbocycles. The standard InChI is InChI=1S/C38H44N2OS5/c1-5-7-9-11-13-27-25-36(46-37(27)35-18-16-28(43-35)14-12-10-8-6-2)34-22-21-33(45-34)32-20-19-31(44-32)30-17-15-29(42-30)23-24-40-38(41)26(3)39-4/h15-22,25-26H,5-14,23-24H2,1-3H3,(H,40,41)/t26-/m0/s1. The first-order chi connectivity index (χ1) is 22.5. The number of carbonyl (C=O) groups is 1. The Morgan fingerprint density at radius 3 is 1.80 bits per heavy atom. The third kappa shape index (κ3) is 9.29. The van der Waals surface area contributed by atoms with E-state index < -0.39 is 6.04 Å². The van der Waals surface area contributed by atoms with Crippen LogP contribution in [0.15, 0.2) is 54.6 Å². The Bertz CT molecular complexity index is 1720. The fraction of sp³-hybridized carbons (Fsp3) is 0.421. The molecule has 5 aromatic heterocycles. The van der Waals surface area contributed by atoms with Crippen molar-refractivity contribution in [1.29, 1.82) is 0 Å². The molecule has 0 saturated carbocycles. The molecule has 0 bridgehead atoms. The predicted octanol–water partition coefficient (Wildman–Crippen LogP) is 12.9. The summed E-state index contributed by atoms with van der Waals surface area (Å²) in [6, 6.07) is 20.1. The number of aryl methyl sites for hydroxylation is 2. The lowest BCUT2D eigenvalue weighted by Crippen LogP contribution is -2.32. The molecule has 1 N–H and O–H groups in total. The van der Waals surface area contributed by atoms with E-state index in [1.54, 1.807) is 18.3 Å². The normalized spacial score (nSPS) is 12.0. The van der Waals surface area contributed by atoms with E-state index in [4.69, 9.17) is 6.57 Å². The zero-order valence-corrected chi connectivity index (χ0v) is 31.2. The number of rotatable bonds is 18. The Morgan fingerprint density at radius 1 is 0.652 bits per heavy atom. The summed E-state index contributed by atoms with van der Waals surface area (Å²) < 4.78 is 0. The summed E-state index contributed by atoms with van der Waals surface area (Å²) in [5.74, 6) is -0.194. The molecular weight excluding hydrogens is 661 g/mol. The number of amides is 1. The van der Waals surface area contributed by atoms with Gasteiger partial charge in [-0.3, -0.25) is 4.79 Å². The zero-order chi connectivity index (χ0) is 32.3. The lowest BCUT2D eigenvalue weighted by Gasteiger charge is -2.02. The van der Waals surface area contributed by atoms with Gasteiger partial charge in [0.05, 0.1) is 0 Å². The van der Waals surface area contributed by atoms with E-state index in [1.807, 2.05) is 45.3 Å². The zero-order valence-electron chi connectivity index (χ0n) is 27.2. The summed E-state index contributed by atoms with van der Waals surface area (Å²) in [4.78, 5) is 28.8. The van der Waals surface area contributed by atoms with Gasteiger partial charge in [0.25, 0.3) is 6.04 Å². The minimum Gasteiger partial charge on any atom is -0.349 e. The number of nitrogens with one attached hydrogen (secondary N) is 1. The van der Waals surface area contributed by atoms with Gasteiger partial charge in [-0.2, -0.15) is 0 Å². The molecule has 1 amide bonds. The highest BCUT2D eigenvalue weighted by Crippen LogP contribution is 2.46. The largest absolute Gasteiger partial charge is 0.349 e. The van der Waals surface area contributed by atoms with Crippen molar-refractivity contribution >= 4 is 62.6 Å². The maximum Gasteiger partial charge on any atom is 0.302 e. The molecule has 3 nitrogen and oxygen atoms in total. The maximum atomic E-state index is 11.9. The highest BCUT2D eigenvalue weighted by Gasteiger charge is 2.18. The number of carbonyl (C=O) groups excluding carboxylic acids is 1. The number of hydrogen-bond acceptors (Lipinski definition) is 6. The SMILES string of the molecule is [C-]#[N+][C@@H](C)C(=O)NCCc1ccc(-c2ccc(-c3ccc(-c4cc(CCCCCC)c(-c5ccc(CCCCCC)s5)s4)s3)s2)s1. The quantitative estimate of drug-likeness (QED) is 0.0715. The molecule has 8 heteroatoms. The first-order valence-corrected chi connectivity index (χ1v) is 20.7. The minimum atomic E-state index is -0.625. The number of hydrogen-bond donors (Lipinski definition) is 1. The highest BCUT2D eigenvalue weighted by atomic mass is 32.1. The summed E-state index contributed by atoms with van der Waals surface area (Å²) in [5.41, 5.74) is 1.53. The van der Waals surface area contributed by atoms with E-state index >= 15 is 0 Å². The molecular formula is C38H44N2OS5. The van der Waals surface area contributed by atoms with Crippen LogP contribution in [0.25, 0.3) is 43.9 Å². The van der Waals surface area contributed by atoms with Crippen LogP contribution in [0, 0.1) is 6.57 Å². The third-order valence-corrected chi connectivity index (χ3v) is 14.5. The van der Waals surface area contributed by atoms with Crippen LogP contribution in [0.4, 0.5) is 0 Å². The van der Waals surface area contributed by atoms with Crippen LogP contribution in [0.3, 0.4) is 0 Å². The maximum absolute atomic E-state index is 11.9. The molecule has 0 aliphatic heterocycles. The fourth-order valence-corrected chi connectivity index (χ4v) is 11.1. The molecule has 0 saturated heterocycles. The average Bonchev–Trinajstić information content (AvgIpc) is 3.90. The van der Waals surface area contributed by atoms with Crippen LogP contribution >= 0.6 is 56.7 Å². The first kappa shape index (κ1) is 34.8. The van der Waals surface area contributed by atoms with Gasteiger partial charge >= 0.3 is 5.91 Å². The number of thiophene rings is 5. The van der Waals surface area contributed by atoms with Gasteiger partial charge in [-0.25, -0.2) is 6.57 Å². The topological polar surface area (TPSA) is 33.5 Å². The van der Waals surface area contributed by atoms with Crippen molar-refractivity contribution in [2.75, 3.05) is 6.54 Å². The molecule has 0 fully saturated rings. The van der Waals surface area contributed by atoms with Gasteiger partial charge in [-0.15, -0.1) is 56.7 Å². The van der Waals surface area contributed by atoms with Gasteiger partial charge in [-0.1, -0.05) is 52.4 Å². The minimum absolute atomic E-state index is 0.194. The Hall–Kier alpha value is -2.54. The van der Waals surface area contributed by atoms with E-state index in [2.05, 4.69) is 78.6 Å². The Labute approximate surface area is 295 Å². The van der Waals surface area contributed by atoms with Gasteiger partial charge in [0, 0.05) is 62.2 Å². The second kappa shape index (κ2) is 17.6. The van der Waals surface area contributed by atoms with Crippen molar-refractivity contribution in [3.63, 3.8) is 0 Å². The van der Waals surface area contributed by atoms with E-state index in [0.717, 1.165) is 12.8 Å². The summed E-state index contributed by atoms with van der Waals surface area (Å²) >= 11 is 9.54. The van der Waals surface area contributed by atoms with Crippen molar-refractivity contribution in [1.82, 2.24) is 5.32 Å². The average molecular weight is 705 g/mol.